The molecule has 26 heavy (non-hydrogen) atoms. The number of nitrogens with zero attached hydrogens (tertiary/aromatic N) is 2. The Morgan fingerprint density at radius 1 is 1.04 bits per heavy atom. The maximum Gasteiger partial charge on any atom is 0.254 e. The van der Waals surface area contributed by atoms with E-state index in [0.29, 0.717) is 5.92 Å². The van der Waals surface area contributed by atoms with Crippen molar-refractivity contribution in [3.8, 4) is 11.1 Å². The quantitative estimate of drug-likeness (QED) is 0.649. The Hall–Kier alpha value is -2.68. The minimum Gasteiger partial charge on any atom is -0.339 e. The second kappa shape index (κ2) is 6.91. The number of carbonyl (C=O) groups excluding carboxylic acids is 1. The van der Waals surface area contributed by atoms with Crippen LogP contribution in [0.1, 0.15) is 35.8 Å². The Bertz CT molecular complexity index is 941. The summed E-state index contributed by atoms with van der Waals surface area (Å²) >= 11 is 0. The predicted octanol–water partition coefficient (Wildman–Crippen LogP) is 5.08. The van der Waals surface area contributed by atoms with Gasteiger partial charge in [0.2, 0.25) is 0 Å². The number of carbonyl (C=O) groups is 1. The lowest BCUT2D eigenvalue weighted by Gasteiger charge is -2.30. The van der Waals surface area contributed by atoms with Crippen molar-refractivity contribution in [1.29, 1.82) is 0 Å². The number of piperidine rings is 1. The third-order valence-electron chi connectivity index (χ3n) is 5.35. The Kier molecular flexibility index (Phi) is 4.46. The first kappa shape index (κ1) is 16.8. The van der Waals surface area contributed by atoms with E-state index in [1.54, 1.807) is 0 Å². The third-order valence-corrected chi connectivity index (χ3v) is 5.35. The van der Waals surface area contributed by atoms with Crippen LogP contribution in [-0.2, 0) is 0 Å². The Morgan fingerprint density at radius 2 is 1.77 bits per heavy atom. The molecular formula is C23H24N2O. The fourth-order valence-corrected chi connectivity index (χ4v) is 3.79. The number of aryl methyl sites for hydroxylation is 1. The molecule has 2 heterocycles. The number of benzene rings is 2. The zero-order chi connectivity index (χ0) is 18.1. The van der Waals surface area contributed by atoms with Crippen LogP contribution in [0.5, 0.6) is 0 Å². The van der Waals surface area contributed by atoms with E-state index in [9.17, 15) is 4.79 Å². The van der Waals surface area contributed by atoms with Gasteiger partial charge in [-0.3, -0.25) is 9.78 Å². The van der Waals surface area contributed by atoms with Crippen LogP contribution in [0.2, 0.25) is 0 Å². The van der Waals surface area contributed by atoms with Crippen molar-refractivity contribution < 1.29 is 4.79 Å². The zero-order valence-corrected chi connectivity index (χ0v) is 15.4. The van der Waals surface area contributed by atoms with Gasteiger partial charge in [-0.25, -0.2) is 0 Å². The highest BCUT2D eigenvalue weighted by molar-refractivity contribution is 6.09. The second-order valence-electron chi connectivity index (χ2n) is 7.35. The molecule has 1 aromatic heterocycles. The first-order chi connectivity index (χ1) is 12.6. The van der Waals surface area contributed by atoms with Gasteiger partial charge in [0.1, 0.15) is 0 Å². The molecule has 1 fully saturated rings. The molecule has 0 atom stereocenters. The minimum atomic E-state index is 0.137. The smallest absolute Gasteiger partial charge is 0.254 e. The summed E-state index contributed by atoms with van der Waals surface area (Å²) in [6, 6.07) is 18.3. The van der Waals surface area contributed by atoms with Gasteiger partial charge in [0.25, 0.3) is 5.91 Å². The number of para-hydroxylation sites is 1. The molecule has 3 heteroatoms. The normalized spacial score (nSPS) is 15.4. The number of hydrogen-bond donors (Lipinski definition) is 0. The van der Waals surface area contributed by atoms with Crippen molar-refractivity contribution in [1.82, 2.24) is 9.88 Å². The number of pyridine rings is 1. The molecule has 0 saturated carbocycles. The highest BCUT2D eigenvalue weighted by atomic mass is 16.2. The van der Waals surface area contributed by atoms with Crippen LogP contribution < -0.4 is 0 Å². The lowest BCUT2D eigenvalue weighted by Crippen LogP contribution is -2.38. The summed E-state index contributed by atoms with van der Waals surface area (Å²) in [5, 5.41) is 0.945. The highest BCUT2D eigenvalue weighted by Crippen LogP contribution is 2.30. The standard InChI is InChI=1S/C23H24N2O/c1-16-11-13-25(14-12-16)23(26)21-15-17(2)24-22-19(9-6-10-20(21)22)18-7-4-3-5-8-18/h3-10,15-16H,11-14H2,1-2H3. The summed E-state index contributed by atoms with van der Waals surface area (Å²) in [5.74, 6) is 0.845. The maximum atomic E-state index is 13.2. The van der Waals surface area contributed by atoms with Crippen molar-refractivity contribution in [2.24, 2.45) is 5.92 Å². The number of likely N-dealkylation sites (tertiary alicyclic amines) is 1. The van der Waals surface area contributed by atoms with E-state index in [2.05, 4.69) is 25.1 Å². The summed E-state index contributed by atoms with van der Waals surface area (Å²) in [7, 11) is 0. The molecule has 4 rings (SSSR count). The van der Waals surface area contributed by atoms with E-state index in [1.807, 2.05) is 48.2 Å². The van der Waals surface area contributed by atoms with Crippen molar-refractivity contribution in [2.45, 2.75) is 26.7 Å². The minimum absolute atomic E-state index is 0.137. The fraction of sp³-hybridized carbons (Fsp3) is 0.304. The van der Waals surface area contributed by atoms with Gasteiger partial charge in [-0.2, -0.15) is 0 Å². The molecule has 1 amide bonds. The van der Waals surface area contributed by atoms with Crippen molar-refractivity contribution in [3.05, 3.63) is 65.9 Å². The van der Waals surface area contributed by atoms with E-state index in [-0.39, 0.29) is 5.91 Å². The molecule has 2 aromatic carbocycles. The molecule has 0 spiro atoms. The average molecular weight is 344 g/mol. The largest absolute Gasteiger partial charge is 0.339 e. The third kappa shape index (κ3) is 3.10. The summed E-state index contributed by atoms with van der Waals surface area (Å²) in [4.78, 5) is 20.0. The molecule has 3 nitrogen and oxygen atoms in total. The van der Waals surface area contributed by atoms with Gasteiger partial charge in [-0.05, 0) is 37.3 Å². The molecule has 0 aliphatic carbocycles. The van der Waals surface area contributed by atoms with Gasteiger partial charge in [0, 0.05) is 29.7 Å². The van der Waals surface area contributed by atoms with Gasteiger partial charge in [0.15, 0.2) is 0 Å². The first-order valence-corrected chi connectivity index (χ1v) is 9.38. The van der Waals surface area contributed by atoms with E-state index < -0.39 is 0 Å². The van der Waals surface area contributed by atoms with Crippen LogP contribution in [0.15, 0.2) is 54.6 Å². The van der Waals surface area contributed by atoms with Gasteiger partial charge in [-0.1, -0.05) is 55.5 Å². The van der Waals surface area contributed by atoms with Crippen LogP contribution >= 0.6 is 0 Å². The van der Waals surface area contributed by atoms with Crippen molar-refractivity contribution in [3.63, 3.8) is 0 Å². The molecule has 132 valence electrons. The number of fused-ring (bicyclic) bond motifs is 1. The zero-order valence-electron chi connectivity index (χ0n) is 15.4. The van der Waals surface area contributed by atoms with Crippen LogP contribution in [0.4, 0.5) is 0 Å². The molecule has 3 aromatic rings. The Morgan fingerprint density at radius 3 is 2.50 bits per heavy atom. The van der Waals surface area contributed by atoms with E-state index >= 15 is 0 Å². The van der Waals surface area contributed by atoms with Gasteiger partial charge in [-0.15, -0.1) is 0 Å². The SMILES string of the molecule is Cc1cc(C(=O)N2CCC(C)CC2)c2cccc(-c3ccccc3)c2n1. The molecule has 0 bridgehead atoms. The molecule has 1 aliphatic heterocycles. The monoisotopic (exact) mass is 344 g/mol. The lowest BCUT2D eigenvalue weighted by molar-refractivity contribution is 0.0699. The van der Waals surface area contributed by atoms with Crippen molar-refractivity contribution in [2.75, 3.05) is 13.1 Å². The first-order valence-electron chi connectivity index (χ1n) is 9.38. The topological polar surface area (TPSA) is 33.2 Å². The van der Waals surface area contributed by atoms with Gasteiger partial charge >= 0.3 is 0 Å². The van der Waals surface area contributed by atoms with Crippen LogP contribution in [0, 0.1) is 12.8 Å². The van der Waals surface area contributed by atoms with Gasteiger partial charge < -0.3 is 4.90 Å². The molecule has 0 N–H and O–H groups in total. The number of amides is 1. The van der Waals surface area contributed by atoms with Crippen LogP contribution in [0.25, 0.3) is 22.0 Å². The summed E-state index contributed by atoms with van der Waals surface area (Å²) in [6.45, 7) is 5.93. The number of aromatic nitrogens is 1. The molecule has 1 aliphatic rings. The maximum absolute atomic E-state index is 13.2. The van der Waals surface area contributed by atoms with Gasteiger partial charge in [0.05, 0.1) is 11.1 Å². The molecule has 0 unspecified atom stereocenters. The van der Waals surface area contributed by atoms with Crippen molar-refractivity contribution >= 4 is 16.8 Å². The Balaban J connectivity index is 1.82. The van der Waals surface area contributed by atoms with E-state index in [0.717, 1.165) is 59.2 Å². The predicted molar refractivity (Wildman–Crippen MR) is 106 cm³/mol. The molecule has 0 radical (unpaired) electrons. The summed E-state index contributed by atoms with van der Waals surface area (Å²) in [6.07, 6.45) is 2.17. The average Bonchev–Trinajstić information content (AvgIpc) is 2.67. The van der Waals surface area contributed by atoms with Crippen LogP contribution in [-0.4, -0.2) is 28.9 Å². The van der Waals surface area contributed by atoms with E-state index in [1.165, 1.54) is 0 Å². The summed E-state index contributed by atoms with van der Waals surface area (Å²) < 4.78 is 0. The lowest BCUT2D eigenvalue weighted by atomic mass is 9.96. The van der Waals surface area contributed by atoms with E-state index in [4.69, 9.17) is 4.98 Å². The number of hydrogen-bond acceptors (Lipinski definition) is 2. The second-order valence-corrected chi connectivity index (χ2v) is 7.35. The van der Waals surface area contributed by atoms with Crippen LogP contribution in [0.3, 0.4) is 0 Å². The highest BCUT2D eigenvalue weighted by Gasteiger charge is 2.23. The Labute approximate surface area is 154 Å². The summed E-state index contributed by atoms with van der Waals surface area (Å²) in [5.41, 5.74) is 4.77. The molecular weight excluding hydrogens is 320 g/mol. The molecule has 1 saturated heterocycles. The number of rotatable bonds is 2. The fourth-order valence-electron chi connectivity index (χ4n) is 3.79.